The zero-order valence-corrected chi connectivity index (χ0v) is 12.2. The van der Waals surface area contributed by atoms with E-state index >= 15 is 0 Å². The molecular weight excluding hydrogens is 316 g/mol. The Morgan fingerprint density at radius 1 is 1.33 bits per heavy atom. The molecule has 2 N–H and O–H groups in total. The molecule has 3 rings (SSSR count). The molecule has 6 heteroatoms. The lowest BCUT2D eigenvalue weighted by molar-refractivity contribution is 0.333. The number of hydrogen-bond donors (Lipinski definition) is 1. The second kappa shape index (κ2) is 4.21. The summed E-state index contributed by atoms with van der Waals surface area (Å²) < 4.78 is 27.5. The highest BCUT2D eigenvalue weighted by atomic mass is 79.9. The van der Waals surface area contributed by atoms with Gasteiger partial charge in [0.1, 0.15) is 0 Å². The van der Waals surface area contributed by atoms with Gasteiger partial charge in [-0.25, -0.2) is 8.42 Å². The highest BCUT2D eigenvalue weighted by Crippen LogP contribution is 2.40. The lowest BCUT2D eigenvalue weighted by Crippen LogP contribution is -2.37. The first kappa shape index (κ1) is 12.4. The van der Waals surface area contributed by atoms with E-state index in [2.05, 4.69) is 15.9 Å². The number of sulfonamides is 1. The second-order valence-corrected chi connectivity index (χ2v) is 7.84. The SMILES string of the molecule is Nc1cc(S(=O)(=O)N2CC3CCC2C3)ccc1Br. The molecule has 98 valence electrons. The lowest BCUT2D eigenvalue weighted by Gasteiger charge is -2.26. The van der Waals surface area contributed by atoms with E-state index in [0.717, 1.165) is 17.3 Å². The third kappa shape index (κ3) is 1.87. The minimum atomic E-state index is -3.38. The van der Waals surface area contributed by atoms with Crippen LogP contribution in [0.4, 0.5) is 5.69 Å². The van der Waals surface area contributed by atoms with Crippen molar-refractivity contribution in [2.75, 3.05) is 12.3 Å². The van der Waals surface area contributed by atoms with Crippen molar-refractivity contribution in [3.05, 3.63) is 22.7 Å². The van der Waals surface area contributed by atoms with Crippen LogP contribution in [0.2, 0.25) is 0 Å². The first-order valence-corrected chi connectivity index (χ1v) is 8.28. The van der Waals surface area contributed by atoms with Crippen LogP contribution in [-0.4, -0.2) is 25.3 Å². The smallest absolute Gasteiger partial charge is 0.243 e. The number of fused-ring (bicyclic) bond motifs is 2. The van der Waals surface area contributed by atoms with E-state index in [9.17, 15) is 8.42 Å². The predicted molar refractivity (Wildman–Crippen MR) is 73.6 cm³/mol. The Hall–Kier alpha value is -0.590. The average Bonchev–Trinajstić information content (AvgIpc) is 2.94. The summed E-state index contributed by atoms with van der Waals surface area (Å²) in [7, 11) is -3.38. The summed E-state index contributed by atoms with van der Waals surface area (Å²) in [6.07, 6.45) is 3.18. The van der Waals surface area contributed by atoms with E-state index in [1.165, 1.54) is 12.5 Å². The van der Waals surface area contributed by atoms with Crippen molar-refractivity contribution in [2.45, 2.75) is 30.2 Å². The van der Waals surface area contributed by atoms with Gasteiger partial charge in [0.15, 0.2) is 0 Å². The van der Waals surface area contributed by atoms with Gasteiger partial charge in [-0.1, -0.05) is 0 Å². The number of anilines is 1. The minimum absolute atomic E-state index is 0.199. The molecule has 0 spiro atoms. The van der Waals surface area contributed by atoms with Crippen molar-refractivity contribution >= 4 is 31.6 Å². The van der Waals surface area contributed by atoms with Crippen molar-refractivity contribution in [1.82, 2.24) is 4.31 Å². The maximum Gasteiger partial charge on any atom is 0.243 e. The van der Waals surface area contributed by atoms with Crippen LogP contribution < -0.4 is 5.73 Å². The van der Waals surface area contributed by atoms with Gasteiger partial charge in [0.25, 0.3) is 0 Å². The molecule has 1 saturated carbocycles. The number of piperidine rings is 1. The molecule has 2 bridgehead atoms. The summed E-state index contributed by atoms with van der Waals surface area (Å²) in [5, 5.41) is 0. The molecule has 0 aromatic heterocycles. The number of benzene rings is 1. The molecule has 1 heterocycles. The molecule has 0 radical (unpaired) electrons. The summed E-state index contributed by atoms with van der Waals surface area (Å²) in [4.78, 5) is 0.302. The zero-order chi connectivity index (χ0) is 12.9. The maximum absolute atomic E-state index is 12.5. The first-order valence-electron chi connectivity index (χ1n) is 6.05. The predicted octanol–water partition coefficient (Wildman–Crippen LogP) is 2.20. The van der Waals surface area contributed by atoms with Crippen LogP contribution in [0.15, 0.2) is 27.6 Å². The topological polar surface area (TPSA) is 63.4 Å². The van der Waals surface area contributed by atoms with Gasteiger partial charge < -0.3 is 5.73 Å². The molecule has 18 heavy (non-hydrogen) atoms. The van der Waals surface area contributed by atoms with Gasteiger partial charge in [0.05, 0.1) is 4.90 Å². The Bertz CT molecular complexity index is 588. The summed E-state index contributed by atoms with van der Waals surface area (Å²) in [6.45, 7) is 0.670. The van der Waals surface area contributed by atoms with Gasteiger partial charge in [0.2, 0.25) is 10.0 Å². The third-order valence-electron chi connectivity index (χ3n) is 3.93. The van der Waals surface area contributed by atoms with Crippen molar-refractivity contribution in [1.29, 1.82) is 0 Å². The molecule has 1 aromatic rings. The molecule has 0 amide bonds. The summed E-state index contributed by atoms with van der Waals surface area (Å²) in [5.74, 6) is 0.553. The number of nitrogens with zero attached hydrogens (tertiary/aromatic N) is 1. The normalized spacial score (nSPS) is 27.8. The third-order valence-corrected chi connectivity index (χ3v) is 6.57. The van der Waals surface area contributed by atoms with Crippen molar-refractivity contribution in [3.8, 4) is 0 Å². The minimum Gasteiger partial charge on any atom is -0.398 e. The number of halogens is 1. The molecule has 2 atom stereocenters. The Morgan fingerprint density at radius 2 is 2.11 bits per heavy atom. The van der Waals surface area contributed by atoms with E-state index in [1.54, 1.807) is 16.4 Å². The largest absolute Gasteiger partial charge is 0.398 e. The number of hydrogen-bond acceptors (Lipinski definition) is 3. The van der Waals surface area contributed by atoms with E-state index < -0.39 is 10.0 Å². The quantitative estimate of drug-likeness (QED) is 0.845. The molecule has 1 aromatic carbocycles. The molecule has 1 saturated heterocycles. The molecule has 2 unspecified atom stereocenters. The molecular formula is C12H15BrN2O2S. The highest BCUT2D eigenvalue weighted by Gasteiger charge is 2.44. The highest BCUT2D eigenvalue weighted by molar-refractivity contribution is 9.10. The van der Waals surface area contributed by atoms with Gasteiger partial charge in [-0.15, -0.1) is 0 Å². The van der Waals surface area contributed by atoms with Gasteiger partial charge in [-0.05, 0) is 59.3 Å². The number of nitrogens with two attached hydrogens (primary N) is 1. The Labute approximate surface area is 115 Å². The van der Waals surface area contributed by atoms with Crippen molar-refractivity contribution in [3.63, 3.8) is 0 Å². The van der Waals surface area contributed by atoms with Crippen molar-refractivity contribution < 1.29 is 8.42 Å². The van der Waals surface area contributed by atoms with Crippen LogP contribution in [0.5, 0.6) is 0 Å². The Morgan fingerprint density at radius 3 is 2.67 bits per heavy atom. The monoisotopic (exact) mass is 330 g/mol. The van der Waals surface area contributed by atoms with E-state index in [4.69, 9.17) is 5.73 Å². The summed E-state index contributed by atoms with van der Waals surface area (Å²) >= 11 is 3.28. The van der Waals surface area contributed by atoms with Gasteiger partial charge in [0, 0.05) is 22.7 Å². The molecule has 1 aliphatic carbocycles. The van der Waals surface area contributed by atoms with Crippen LogP contribution in [0.1, 0.15) is 19.3 Å². The zero-order valence-electron chi connectivity index (χ0n) is 9.84. The van der Waals surface area contributed by atoms with Crippen LogP contribution in [0.25, 0.3) is 0 Å². The maximum atomic E-state index is 12.5. The number of nitrogen functional groups attached to an aromatic ring is 1. The number of rotatable bonds is 2. The van der Waals surface area contributed by atoms with E-state index in [0.29, 0.717) is 23.0 Å². The standard InChI is InChI=1S/C12H15BrN2O2S/c13-11-4-3-10(6-12(11)14)18(16,17)15-7-8-1-2-9(15)5-8/h3-4,6,8-9H,1-2,5,7,14H2. The first-order chi connectivity index (χ1) is 8.48. The molecule has 4 nitrogen and oxygen atoms in total. The lowest BCUT2D eigenvalue weighted by atomic mass is 10.1. The second-order valence-electron chi connectivity index (χ2n) is 5.09. The molecule has 2 aliphatic rings. The van der Waals surface area contributed by atoms with Crippen LogP contribution in [0, 0.1) is 5.92 Å². The van der Waals surface area contributed by atoms with Gasteiger partial charge >= 0.3 is 0 Å². The summed E-state index contributed by atoms with van der Waals surface area (Å²) in [6, 6.07) is 5.04. The van der Waals surface area contributed by atoms with Crippen LogP contribution in [-0.2, 0) is 10.0 Å². The molecule has 1 aliphatic heterocycles. The van der Waals surface area contributed by atoms with Gasteiger partial charge in [-0.2, -0.15) is 4.31 Å². The summed E-state index contributed by atoms with van der Waals surface area (Å²) in [5.41, 5.74) is 6.22. The van der Waals surface area contributed by atoms with E-state index in [-0.39, 0.29) is 6.04 Å². The Balaban J connectivity index is 1.97. The van der Waals surface area contributed by atoms with Gasteiger partial charge in [-0.3, -0.25) is 0 Å². The van der Waals surface area contributed by atoms with Crippen molar-refractivity contribution in [2.24, 2.45) is 5.92 Å². The molecule has 2 fully saturated rings. The van der Waals surface area contributed by atoms with E-state index in [1.807, 2.05) is 0 Å². The fourth-order valence-electron chi connectivity index (χ4n) is 2.99. The Kier molecular flexibility index (Phi) is 2.91. The average molecular weight is 331 g/mol. The fraction of sp³-hybridized carbons (Fsp3) is 0.500. The van der Waals surface area contributed by atoms with Crippen LogP contribution >= 0.6 is 15.9 Å². The fourth-order valence-corrected chi connectivity index (χ4v) is 5.02. The van der Waals surface area contributed by atoms with Crippen LogP contribution in [0.3, 0.4) is 0 Å².